The number of aryl methyl sites for hydroxylation is 2. The Kier molecular flexibility index (Phi) is 4.05. The lowest BCUT2D eigenvalue weighted by molar-refractivity contribution is 0.133. The van der Waals surface area contributed by atoms with E-state index in [4.69, 9.17) is 19.6 Å². The Bertz CT molecular complexity index is 1070. The zero-order valence-corrected chi connectivity index (χ0v) is 17.0. The van der Waals surface area contributed by atoms with Crippen LogP contribution in [0.3, 0.4) is 0 Å². The van der Waals surface area contributed by atoms with Crippen LogP contribution >= 0.6 is 0 Å². The second-order valence-electron chi connectivity index (χ2n) is 8.05. The lowest BCUT2D eigenvalue weighted by Gasteiger charge is -2.22. The van der Waals surface area contributed by atoms with Gasteiger partial charge in [0.05, 0.1) is 31.7 Å². The molecule has 6 nitrogen and oxygen atoms in total. The number of hydrogen-bond acceptors (Lipinski definition) is 5. The molecule has 0 radical (unpaired) electrons. The molecule has 1 aromatic carbocycles. The van der Waals surface area contributed by atoms with Gasteiger partial charge in [-0.3, -0.25) is 0 Å². The summed E-state index contributed by atoms with van der Waals surface area (Å²) in [5.41, 5.74) is 7.52. The molecule has 0 unspecified atom stereocenters. The van der Waals surface area contributed by atoms with E-state index >= 15 is 0 Å². The summed E-state index contributed by atoms with van der Waals surface area (Å²) in [7, 11) is 3.86. The van der Waals surface area contributed by atoms with Crippen molar-refractivity contribution in [2.24, 2.45) is 5.92 Å². The van der Waals surface area contributed by atoms with Gasteiger partial charge >= 0.3 is 0 Å². The molecule has 0 bridgehead atoms. The van der Waals surface area contributed by atoms with Gasteiger partial charge in [-0.2, -0.15) is 9.61 Å². The fraction of sp³-hybridized carbons (Fsp3) is 0.455. The van der Waals surface area contributed by atoms with Gasteiger partial charge in [-0.15, -0.1) is 0 Å². The minimum atomic E-state index is 0.571. The second-order valence-corrected chi connectivity index (χ2v) is 8.05. The predicted octanol–water partition coefficient (Wildman–Crippen LogP) is 3.90. The monoisotopic (exact) mass is 378 g/mol. The summed E-state index contributed by atoms with van der Waals surface area (Å²) >= 11 is 0. The van der Waals surface area contributed by atoms with Gasteiger partial charge in [0.15, 0.2) is 5.65 Å². The molecule has 146 valence electrons. The number of nitrogens with zero attached hydrogens (tertiary/aromatic N) is 4. The SMILES string of the molecule is COc1ccc(-c2c(C)nn3c(N(C)CC4CC4)c4c(nc23)COC4)c(C)c1. The third-order valence-corrected chi connectivity index (χ3v) is 5.87. The summed E-state index contributed by atoms with van der Waals surface area (Å²) in [6.45, 7) is 6.42. The molecule has 0 saturated heterocycles. The topological polar surface area (TPSA) is 51.9 Å². The number of rotatable bonds is 5. The molecule has 0 N–H and O–H groups in total. The minimum Gasteiger partial charge on any atom is -0.497 e. The van der Waals surface area contributed by atoms with Crippen molar-refractivity contribution >= 4 is 11.5 Å². The van der Waals surface area contributed by atoms with Crippen LogP contribution in [0, 0.1) is 19.8 Å². The standard InChI is InChI=1S/C22H26N4O2/c1-13-9-16(27-4)7-8-17(13)20-14(2)24-26-21(20)23-19-12-28-11-18(19)22(26)25(3)10-15-5-6-15/h7-9,15H,5-6,10-12H2,1-4H3. The third-order valence-electron chi connectivity index (χ3n) is 5.87. The first-order valence-corrected chi connectivity index (χ1v) is 9.91. The number of anilines is 1. The molecule has 5 rings (SSSR count). The van der Waals surface area contributed by atoms with E-state index in [2.05, 4.69) is 37.9 Å². The molecule has 2 aromatic heterocycles. The Morgan fingerprint density at radius 2 is 2.07 bits per heavy atom. The van der Waals surface area contributed by atoms with E-state index in [1.54, 1.807) is 7.11 Å². The lowest BCUT2D eigenvalue weighted by atomic mass is 10.0. The van der Waals surface area contributed by atoms with Crippen LogP contribution in [-0.2, 0) is 18.0 Å². The zero-order chi connectivity index (χ0) is 19.4. The van der Waals surface area contributed by atoms with E-state index in [9.17, 15) is 0 Å². The van der Waals surface area contributed by atoms with Crippen molar-refractivity contribution in [2.45, 2.75) is 39.9 Å². The number of aromatic nitrogens is 3. The smallest absolute Gasteiger partial charge is 0.165 e. The molecule has 1 aliphatic carbocycles. The molecule has 2 aliphatic rings. The van der Waals surface area contributed by atoms with Gasteiger partial charge < -0.3 is 14.4 Å². The highest BCUT2D eigenvalue weighted by Crippen LogP contribution is 2.38. The molecule has 0 spiro atoms. The van der Waals surface area contributed by atoms with Crippen molar-refractivity contribution in [1.29, 1.82) is 0 Å². The average Bonchev–Trinajstić information content (AvgIpc) is 3.26. The highest BCUT2D eigenvalue weighted by atomic mass is 16.5. The molecule has 6 heteroatoms. The number of ether oxygens (including phenoxy) is 2. The van der Waals surface area contributed by atoms with Gasteiger partial charge in [-0.05, 0) is 55.9 Å². The lowest BCUT2D eigenvalue weighted by Crippen LogP contribution is -2.25. The van der Waals surface area contributed by atoms with Gasteiger partial charge in [0, 0.05) is 24.7 Å². The maximum atomic E-state index is 5.75. The molecule has 1 aliphatic heterocycles. The minimum absolute atomic E-state index is 0.571. The van der Waals surface area contributed by atoms with Gasteiger partial charge in [0.1, 0.15) is 11.6 Å². The summed E-state index contributed by atoms with van der Waals surface area (Å²) in [6, 6.07) is 6.17. The fourth-order valence-electron chi connectivity index (χ4n) is 4.26. The molecular formula is C22H26N4O2. The average molecular weight is 378 g/mol. The number of hydrogen-bond donors (Lipinski definition) is 0. The Balaban J connectivity index is 1.73. The van der Waals surface area contributed by atoms with Crippen LogP contribution in [0.2, 0.25) is 0 Å². The highest BCUT2D eigenvalue weighted by Gasteiger charge is 2.30. The van der Waals surface area contributed by atoms with Crippen molar-refractivity contribution in [3.8, 4) is 16.9 Å². The summed E-state index contributed by atoms with van der Waals surface area (Å²) in [5, 5.41) is 4.93. The predicted molar refractivity (Wildman–Crippen MR) is 109 cm³/mol. The van der Waals surface area contributed by atoms with Crippen LogP contribution in [0.5, 0.6) is 5.75 Å². The largest absolute Gasteiger partial charge is 0.497 e. The molecule has 0 atom stereocenters. The summed E-state index contributed by atoms with van der Waals surface area (Å²) in [4.78, 5) is 7.34. The molecular weight excluding hydrogens is 352 g/mol. The molecule has 3 aromatic rings. The summed E-state index contributed by atoms with van der Waals surface area (Å²) < 4.78 is 13.2. The molecule has 1 fully saturated rings. The van der Waals surface area contributed by atoms with Crippen molar-refractivity contribution in [3.63, 3.8) is 0 Å². The van der Waals surface area contributed by atoms with Crippen molar-refractivity contribution in [1.82, 2.24) is 14.6 Å². The maximum Gasteiger partial charge on any atom is 0.165 e. The number of fused-ring (bicyclic) bond motifs is 2. The van der Waals surface area contributed by atoms with Gasteiger partial charge in [-0.1, -0.05) is 6.07 Å². The van der Waals surface area contributed by atoms with Crippen LogP contribution in [0.1, 0.15) is 35.4 Å². The fourth-order valence-corrected chi connectivity index (χ4v) is 4.26. The van der Waals surface area contributed by atoms with Gasteiger partial charge in [0.2, 0.25) is 0 Å². The van der Waals surface area contributed by atoms with Crippen molar-refractivity contribution in [3.05, 3.63) is 40.7 Å². The molecule has 3 heterocycles. The van der Waals surface area contributed by atoms with Crippen molar-refractivity contribution in [2.75, 3.05) is 25.6 Å². The van der Waals surface area contributed by atoms with E-state index in [0.717, 1.165) is 57.8 Å². The van der Waals surface area contributed by atoms with E-state index in [1.807, 2.05) is 10.6 Å². The molecule has 28 heavy (non-hydrogen) atoms. The zero-order valence-electron chi connectivity index (χ0n) is 17.0. The highest BCUT2D eigenvalue weighted by molar-refractivity contribution is 5.83. The van der Waals surface area contributed by atoms with Crippen LogP contribution < -0.4 is 9.64 Å². The second kappa shape index (κ2) is 6.48. The van der Waals surface area contributed by atoms with E-state index in [-0.39, 0.29) is 0 Å². The molecule has 1 saturated carbocycles. The quantitative estimate of drug-likeness (QED) is 0.674. The molecule has 0 amide bonds. The van der Waals surface area contributed by atoms with Crippen LogP contribution in [0.25, 0.3) is 16.8 Å². The Labute approximate surface area is 165 Å². The first-order valence-electron chi connectivity index (χ1n) is 9.91. The van der Waals surface area contributed by atoms with E-state index in [1.165, 1.54) is 18.4 Å². The third kappa shape index (κ3) is 2.75. The van der Waals surface area contributed by atoms with Gasteiger partial charge in [0.25, 0.3) is 0 Å². The van der Waals surface area contributed by atoms with Gasteiger partial charge in [-0.25, -0.2) is 4.98 Å². The van der Waals surface area contributed by atoms with E-state index in [0.29, 0.717) is 13.2 Å². The van der Waals surface area contributed by atoms with Crippen LogP contribution in [0.4, 0.5) is 5.82 Å². The number of benzene rings is 1. The summed E-state index contributed by atoms with van der Waals surface area (Å²) in [5.74, 6) is 2.79. The number of methoxy groups -OCH3 is 1. The first kappa shape index (κ1) is 17.5. The summed E-state index contributed by atoms with van der Waals surface area (Å²) in [6.07, 6.45) is 2.65. The van der Waals surface area contributed by atoms with Crippen LogP contribution in [0.15, 0.2) is 18.2 Å². The van der Waals surface area contributed by atoms with Crippen LogP contribution in [-0.4, -0.2) is 35.3 Å². The normalized spacial score (nSPS) is 15.9. The Morgan fingerprint density at radius 3 is 2.79 bits per heavy atom. The Hall–Kier alpha value is -2.60. The van der Waals surface area contributed by atoms with Crippen molar-refractivity contribution < 1.29 is 9.47 Å². The van der Waals surface area contributed by atoms with E-state index < -0.39 is 0 Å². The first-order chi connectivity index (χ1) is 13.6. The Morgan fingerprint density at radius 1 is 1.25 bits per heavy atom. The maximum absolute atomic E-state index is 5.75.